The van der Waals surface area contributed by atoms with Gasteiger partial charge in [0.1, 0.15) is 0 Å². The van der Waals surface area contributed by atoms with Crippen LogP contribution in [0, 0.1) is 0 Å². The molecule has 1 aromatic rings. The lowest BCUT2D eigenvalue weighted by molar-refractivity contribution is 0.591. The molecule has 0 fully saturated rings. The van der Waals surface area contributed by atoms with Gasteiger partial charge in [0.2, 0.25) is 0 Å². The van der Waals surface area contributed by atoms with Crippen LogP contribution in [0.4, 0.5) is 0 Å². The maximum atomic E-state index is 2.57. The number of hydrogen-bond donors (Lipinski definition) is 0. The molecule has 0 heteroatoms. The highest BCUT2D eigenvalue weighted by molar-refractivity contribution is 5.42. The summed E-state index contributed by atoms with van der Waals surface area (Å²) in [4.78, 5) is 0. The zero-order chi connectivity index (χ0) is 26.1. The molecule has 0 unspecified atom stereocenters. The number of rotatable bonds is 26. The zero-order valence-electron chi connectivity index (χ0n) is 25.5. The van der Waals surface area contributed by atoms with Crippen molar-refractivity contribution >= 4 is 0 Å². The molecule has 0 aliphatic heterocycles. The normalized spacial score (nSPS) is 11.4. The van der Waals surface area contributed by atoms with Gasteiger partial charge in [0.25, 0.3) is 0 Å². The van der Waals surface area contributed by atoms with Crippen LogP contribution in [0.25, 0.3) is 0 Å². The monoisotopic (exact) mass is 499 g/mol. The molecule has 0 heterocycles. The minimum atomic E-state index is 1.31. The van der Waals surface area contributed by atoms with Crippen molar-refractivity contribution in [3.8, 4) is 0 Å². The summed E-state index contributed by atoms with van der Waals surface area (Å²) in [6.45, 7) is 9.31. The lowest BCUT2D eigenvalue weighted by Crippen LogP contribution is -2.07. The molecule has 0 atom stereocenters. The Labute approximate surface area is 228 Å². The number of unbranched alkanes of at least 4 members (excludes halogenated alkanes) is 18. The van der Waals surface area contributed by atoms with Crippen LogP contribution in [0.15, 0.2) is 12.1 Å². The average Bonchev–Trinajstić information content (AvgIpc) is 2.89. The molecular formula is C36H66. The average molecular weight is 499 g/mol. The number of hydrogen-bond acceptors (Lipinski definition) is 0. The molecule has 0 aromatic heterocycles. The first-order chi connectivity index (χ1) is 17.8. The third-order valence-electron chi connectivity index (χ3n) is 8.29. The highest BCUT2D eigenvalue weighted by atomic mass is 14.2. The summed E-state index contributed by atoms with van der Waals surface area (Å²) < 4.78 is 0. The molecule has 210 valence electrons. The van der Waals surface area contributed by atoms with Crippen LogP contribution in [0.5, 0.6) is 0 Å². The van der Waals surface area contributed by atoms with E-state index in [0.717, 1.165) is 0 Å². The van der Waals surface area contributed by atoms with E-state index >= 15 is 0 Å². The summed E-state index contributed by atoms with van der Waals surface area (Å²) in [6.07, 6.45) is 36.2. The number of benzene rings is 1. The molecule has 1 aromatic carbocycles. The summed E-state index contributed by atoms with van der Waals surface area (Å²) in [7, 11) is 0. The van der Waals surface area contributed by atoms with Gasteiger partial charge in [0.05, 0.1) is 0 Å². The van der Waals surface area contributed by atoms with Crippen molar-refractivity contribution in [1.29, 1.82) is 0 Å². The van der Waals surface area contributed by atoms with Crippen LogP contribution < -0.4 is 0 Å². The van der Waals surface area contributed by atoms with Crippen molar-refractivity contribution in [2.24, 2.45) is 0 Å². The Morgan fingerprint density at radius 2 is 0.556 bits per heavy atom. The van der Waals surface area contributed by atoms with Gasteiger partial charge in [-0.1, -0.05) is 155 Å². The predicted molar refractivity (Wildman–Crippen MR) is 166 cm³/mol. The van der Waals surface area contributed by atoms with Crippen LogP contribution >= 0.6 is 0 Å². The second kappa shape index (κ2) is 24.6. The first kappa shape index (κ1) is 33.2. The van der Waals surface area contributed by atoms with Gasteiger partial charge in [0, 0.05) is 0 Å². The van der Waals surface area contributed by atoms with Crippen molar-refractivity contribution < 1.29 is 0 Å². The van der Waals surface area contributed by atoms with Crippen LogP contribution in [-0.2, 0) is 25.7 Å². The summed E-state index contributed by atoms with van der Waals surface area (Å²) in [5.74, 6) is 0. The lowest BCUT2D eigenvalue weighted by Gasteiger charge is -2.20. The molecule has 0 bridgehead atoms. The van der Waals surface area contributed by atoms with E-state index in [1.165, 1.54) is 167 Å². The predicted octanol–water partition coefficient (Wildman–Crippen LogP) is 12.5. The molecule has 0 N–H and O–H groups in total. The summed E-state index contributed by atoms with van der Waals surface area (Å²) >= 11 is 0. The molecular weight excluding hydrogens is 432 g/mol. The molecule has 36 heavy (non-hydrogen) atoms. The number of aryl methyl sites for hydroxylation is 2. The zero-order valence-corrected chi connectivity index (χ0v) is 25.5. The molecule has 0 saturated carbocycles. The van der Waals surface area contributed by atoms with Crippen LogP contribution in [0.3, 0.4) is 0 Å². The largest absolute Gasteiger partial charge is 0.0654 e. The molecule has 1 rings (SSSR count). The fourth-order valence-corrected chi connectivity index (χ4v) is 5.88. The molecule has 0 nitrogen and oxygen atoms in total. The van der Waals surface area contributed by atoms with Gasteiger partial charge in [-0.25, -0.2) is 0 Å². The van der Waals surface area contributed by atoms with Gasteiger partial charge in [-0.05, 0) is 73.6 Å². The highest BCUT2D eigenvalue weighted by Gasteiger charge is 2.14. The molecule has 0 amide bonds. The highest BCUT2D eigenvalue weighted by Crippen LogP contribution is 2.28. The minimum Gasteiger partial charge on any atom is -0.0654 e. The Balaban J connectivity index is 2.92. The SMILES string of the molecule is CCCCCCCCc1ccc(CCCCCC)c(CCCCCCCC)c1CCCCCCCC. The fraction of sp³-hybridized carbons (Fsp3) is 0.833. The maximum Gasteiger partial charge on any atom is -0.0273 e. The Morgan fingerprint density at radius 1 is 0.306 bits per heavy atom. The van der Waals surface area contributed by atoms with Crippen LogP contribution in [0.1, 0.15) is 191 Å². The van der Waals surface area contributed by atoms with E-state index in [4.69, 9.17) is 0 Å². The maximum absolute atomic E-state index is 2.57. The second-order valence-corrected chi connectivity index (χ2v) is 11.7. The third kappa shape index (κ3) is 16.1. The molecule has 0 saturated heterocycles. The topological polar surface area (TPSA) is 0 Å². The van der Waals surface area contributed by atoms with Gasteiger partial charge in [-0.2, -0.15) is 0 Å². The van der Waals surface area contributed by atoms with E-state index in [2.05, 4.69) is 39.8 Å². The van der Waals surface area contributed by atoms with Gasteiger partial charge in [0.15, 0.2) is 0 Å². The Hall–Kier alpha value is -0.780. The first-order valence-electron chi connectivity index (χ1n) is 16.9. The Bertz CT molecular complexity index is 598. The van der Waals surface area contributed by atoms with Gasteiger partial charge < -0.3 is 0 Å². The van der Waals surface area contributed by atoms with Gasteiger partial charge >= 0.3 is 0 Å². The minimum absolute atomic E-state index is 1.31. The summed E-state index contributed by atoms with van der Waals surface area (Å²) in [5.41, 5.74) is 7.05. The van der Waals surface area contributed by atoms with Crippen molar-refractivity contribution in [1.82, 2.24) is 0 Å². The molecule has 0 spiro atoms. The first-order valence-corrected chi connectivity index (χ1v) is 16.9. The summed E-state index contributed by atoms with van der Waals surface area (Å²) in [5, 5.41) is 0. The lowest BCUT2D eigenvalue weighted by atomic mass is 9.85. The van der Waals surface area contributed by atoms with E-state index < -0.39 is 0 Å². The van der Waals surface area contributed by atoms with Crippen molar-refractivity contribution in [3.63, 3.8) is 0 Å². The van der Waals surface area contributed by atoms with Crippen molar-refractivity contribution in [3.05, 3.63) is 34.4 Å². The van der Waals surface area contributed by atoms with Crippen molar-refractivity contribution in [2.45, 2.75) is 195 Å². The standard InChI is InChI=1S/C36H66/c1-5-9-13-17-20-24-28-34-32-31-33(27-23-16-12-8-4)35(29-25-21-18-14-10-6-2)36(34)30-26-22-19-15-11-7-3/h31-32H,5-30H2,1-4H3. The summed E-state index contributed by atoms with van der Waals surface area (Å²) in [6, 6.07) is 5.13. The Kier molecular flexibility index (Phi) is 22.7. The fourth-order valence-electron chi connectivity index (χ4n) is 5.88. The molecule has 0 aliphatic rings. The van der Waals surface area contributed by atoms with E-state index in [1.54, 1.807) is 22.3 Å². The Morgan fingerprint density at radius 3 is 0.889 bits per heavy atom. The van der Waals surface area contributed by atoms with Gasteiger partial charge in [-0.15, -0.1) is 0 Å². The van der Waals surface area contributed by atoms with E-state index in [-0.39, 0.29) is 0 Å². The van der Waals surface area contributed by atoms with E-state index in [1.807, 2.05) is 0 Å². The van der Waals surface area contributed by atoms with Crippen LogP contribution in [-0.4, -0.2) is 0 Å². The second-order valence-electron chi connectivity index (χ2n) is 11.7. The van der Waals surface area contributed by atoms with Crippen molar-refractivity contribution in [2.75, 3.05) is 0 Å². The van der Waals surface area contributed by atoms with Gasteiger partial charge in [-0.3, -0.25) is 0 Å². The van der Waals surface area contributed by atoms with E-state index in [9.17, 15) is 0 Å². The van der Waals surface area contributed by atoms with E-state index in [0.29, 0.717) is 0 Å². The molecule has 0 radical (unpaired) electrons. The quantitative estimate of drug-likeness (QED) is 0.111. The molecule has 0 aliphatic carbocycles. The van der Waals surface area contributed by atoms with Crippen LogP contribution in [0.2, 0.25) is 0 Å². The third-order valence-corrected chi connectivity index (χ3v) is 8.29. The smallest absolute Gasteiger partial charge is 0.0273 e.